The van der Waals surface area contributed by atoms with Gasteiger partial charge in [0.25, 0.3) is 0 Å². The molecule has 88 valence electrons. The summed E-state index contributed by atoms with van der Waals surface area (Å²) in [6.07, 6.45) is 8.26. The van der Waals surface area contributed by atoms with Gasteiger partial charge in [-0.15, -0.1) is 0 Å². The van der Waals surface area contributed by atoms with Crippen LogP contribution in [0.4, 0.5) is 0 Å². The number of halogens is 1. The fourth-order valence-corrected chi connectivity index (χ4v) is 3.39. The van der Waals surface area contributed by atoms with E-state index in [1.165, 1.54) is 38.5 Å². The highest BCUT2D eigenvalue weighted by Gasteiger charge is 2.32. The average Bonchev–Trinajstić information content (AvgIpc) is 2.44. The predicted molar refractivity (Wildman–Crippen MR) is 70.3 cm³/mol. The second kappa shape index (κ2) is 6.71. The number of carbonyl (C=O) groups is 1. The van der Waals surface area contributed by atoms with Crippen LogP contribution in [0.2, 0.25) is 0 Å². The highest BCUT2D eigenvalue weighted by molar-refractivity contribution is 14.1. The van der Waals surface area contributed by atoms with Crippen LogP contribution in [0.5, 0.6) is 0 Å². The normalized spacial score (nSPS) is 20.7. The second-order valence-corrected chi connectivity index (χ2v) is 5.29. The Balaban J connectivity index is 2.53. The van der Waals surface area contributed by atoms with Crippen LogP contribution in [-0.2, 0) is 9.53 Å². The molecule has 0 spiro atoms. The third-order valence-electron chi connectivity index (χ3n) is 3.27. The lowest BCUT2D eigenvalue weighted by Crippen LogP contribution is -2.26. The maximum atomic E-state index is 11.6. The SMILES string of the molecule is CCOC(=O)CC1(CI)CCCCCC1. The average molecular weight is 324 g/mol. The van der Waals surface area contributed by atoms with E-state index >= 15 is 0 Å². The molecule has 0 atom stereocenters. The van der Waals surface area contributed by atoms with E-state index in [2.05, 4.69) is 22.6 Å². The standard InChI is InChI=1S/C12H21IO2/c1-2-15-11(14)9-12(10-13)7-5-3-4-6-8-12/h2-10H2,1H3. The second-order valence-electron chi connectivity index (χ2n) is 4.53. The van der Waals surface area contributed by atoms with Crippen molar-refractivity contribution in [2.75, 3.05) is 11.0 Å². The summed E-state index contributed by atoms with van der Waals surface area (Å²) >= 11 is 2.43. The Morgan fingerprint density at radius 3 is 2.33 bits per heavy atom. The molecule has 0 aliphatic heterocycles. The minimum atomic E-state index is -0.00364. The monoisotopic (exact) mass is 324 g/mol. The minimum absolute atomic E-state index is 0.00364. The Hall–Kier alpha value is 0.200. The molecule has 0 saturated heterocycles. The maximum absolute atomic E-state index is 11.6. The fourth-order valence-electron chi connectivity index (χ4n) is 2.35. The van der Waals surface area contributed by atoms with Gasteiger partial charge in [0.2, 0.25) is 0 Å². The summed E-state index contributed by atoms with van der Waals surface area (Å²) in [7, 11) is 0. The first kappa shape index (κ1) is 13.3. The summed E-state index contributed by atoms with van der Waals surface area (Å²) in [5.41, 5.74) is 0.239. The quantitative estimate of drug-likeness (QED) is 0.341. The molecule has 0 amide bonds. The lowest BCUT2D eigenvalue weighted by Gasteiger charge is -2.29. The van der Waals surface area contributed by atoms with Gasteiger partial charge in [-0.25, -0.2) is 0 Å². The molecule has 3 heteroatoms. The van der Waals surface area contributed by atoms with Crippen molar-refractivity contribution in [3.63, 3.8) is 0 Å². The zero-order chi connectivity index (χ0) is 11.1. The smallest absolute Gasteiger partial charge is 0.306 e. The molecule has 15 heavy (non-hydrogen) atoms. The third-order valence-corrected chi connectivity index (χ3v) is 4.89. The molecule has 0 radical (unpaired) electrons. The summed E-state index contributed by atoms with van der Waals surface area (Å²) in [5.74, 6) is -0.00364. The van der Waals surface area contributed by atoms with E-state index in [1.807, 2.05) is 6.92 Å². The summed E-state index contributed by atoms with van der Waals surface area (Å²) in [6.45, 7) is 2.39. The van der Waals surface area contributed by atoms with Gasteiger partial charge in [-0.3, -0.25) is 4.79 Å². The van der Waals surface area contributed by atoms with Crippen LogP contribution < -0.4 is 0 Å². The van der Waals surface area contributed by atoms with Crippen LogP contribution in [0.25, 0.3) is 0 Å². The number of hydrogen-bond acceptors (Lipinski definition) is 2. The molecule has 0 unspecified atom stereocenters. The van der Waals surface area contributed by atoms with Crippen molar-refractivity contribution in [3.05, 3.63) is 0 Å². The summed E-state index contributed by atoms with van der Waals surface area (Å²) in [6, 6.07) is 0. The van der Waals surface area contributed by atoms with Crippen molar-refractivity contribution < 1.29 is 9.53 Å². The molecular formula is C12H21IO2. The number of ether oxygens (including phenoxy) is 1. The lowest BCUT2D eigenvalue weighted by atomic mass is 9.79. The molecular weight excluding hydrogens is 303 g/mol. The molecule has 0 N–H and O–H groups in total. The van der Waals surface area contributed by atoms with Gasteiger partial charge < -0.3 is 4.74 Å². The van der Waals surface area contributed by atoms with Crippen molar-refractivity contribution in [3.8, 4) is 0 Å². The molecule has 1 rings (SSSR count). The van der Waals surface area contributed by atoms with E-state index in [1.54, 1.807) is 0 Å². The Kier molecular flexibility index (Phi) is 5.94. The Morgan fingerprint density at radius 1 is 1.27 bits per heavy atom. The van der Waals surface area contributed by atoms with Crippen molar-refractivity contribution in [2.45, 2.75) is 51.9 Å². The summed E-state index contributed by atoms with van der Waals surface area (Å²) in [5, 5.41) is 0. The van der Waals surface area contributed by atoms with Crippen LogP contribution in [-0.4, -0.2) is 17.0 Å². The van der Waals surface area contributed by atoms with E-state index in [4.69, 9.17) is 4.74 Å². The molecule has 1 aliphatic carbocycles. The van der Waals surface area contributed by atoms with E-state index in [-0.39, 0.29) is 11.4 Å². The lowest BCUT2D eigenvalue weighted by molar-refractivity contribution is -0.145. The Bertz CT molecular complexity index is 196. The van der Waals surface area contributed by atoms with Crippen LogP contribution in [0, 0.1) is 5.41 Å². The largest absolute Gasteiger partial charge is 0.466 e. The Labute approximate surface area is 106 Å². The number of esters is 1. The third kappa shape index (κ3) is 4.29. The van der Waals surface area contributed by atoms with Crippen LogP contribution >= 0.6 is 22.6 Å². The number of hydrogen-bond donors (Lipinski definition) is 0. The molecule has 1 aliphatic rings. The molecule has 2 nitrogen and oxygen atoms in total. The molecule has 0 bridgehead atoms. The minimum Gasteiger partial charge on any atom is -0.466 e. The summed E-state index contributed by atoms with van der Waals surface area (Å²) < 4.78 is 6.16. The molecule has 1 saturated carbocycles. The van der Waals surface area contributed by atoms with Crippen molar-refractivity contribution in [1.82, 2.24) is 0 Å². The Morgan fingerprint density at radius 2 is 1.87 bits per heavy atom. The van der Waals surface area contributed by atoms with Crippen molar-refractivity contribution in [2.24, 2.45) is 5.41 Å². The number of rotatable bonds is 4. The molecule has 0 aromatic rings. The number of alkyl halides is 1. The van der Waals surface area contributed by atoms with Crippen LogP contribution in [0.15, 0.2) is 0 Å². The van der Waals surface area contributed by atoms with E-state index in [0.29, 0.717) is 13.0 Å². The summed E-state index contributed by atoms with van der Waals surface area (Å²) in [4.78, 5) is 11.6. The highest BCUT2D eigenvalue weighted by atomic mass is 127. The van der Waals surface area contributed by atoms with Gasteiger partial charge in [-0.1, -0.05) is 48.3 Å². The van der Waals surface area contributed by atoms with Gasteiger partial charge in [0.15, 0.2) is 0 Å². The fraction of sp³-hybridized carbons (Fsp3) is 0.917. The first-order valence-electron chi connectivity index (χ1n) is 5.94. The van der Waals surface area contributed by atoms with E-state index in [0.717, 1.165) is 4.43 Å². The molecule has 0 heterocycles. The molecule has 1 fully saturated rings. The molecule has 0 aromatic heterocycles. The van der Waals surface area contributed by atoms with Gasteiger partial charge >= 0.3 is 5.97 Å². The van der Waals surface area contributed by atoms with E-state index < -0.39 is 0 Å². The van der Waals surface area contributed by atoms with Gasteiger partial charge in [0, 0.05) is 4.43 Å². The molecule has 0 aromatic carbocycles. The predicted octanol–water partition coefficient (Wildman–Crippen LogP) is 3.72. The van der Waals surface area contributed by atoms with Crippen molar-refractivity contribution in [1.29, 1.82) is 0 Å². The first-order valence-corrected chi connectivity index (χ1v) is 7.46. The van der Waals surface area contributed by atoms with Crippen molar-refractivity contribution >= 4 is 28.6 Å². The zero-order valence-corrected chi connectivity index (χ0v) is 11.7. The van der Waals surface area contributed by atoms with E-state index in [9.17, 15) is 4.79 Å². The van der Waals surface area contributed by atoms with Gasteiger partial charge in [0.05, 0.1) is 13.0 Å². The van der Waals surface area contributed by atoms with Gasteiger partial charge in [-0.05, 0) is 25.2 Å². The van der Waals surface area contributed by atoms with Gasteiger partial charge in [-0.2, -0.15) is 0 Å². The number of carbonyl (C=O) groups excluding carboxylic acids is 1. The zero-order valence-electron chi connectivity index (χ0n) is 9.56. The van der Waals surface area contributed by atoms with Crippen LogP contribution in [0.1, 0.15) is 51.9 Å². The maximum Gasteiger partial charge on any atom is 0.306 e. The highest BCUT2D eigenvalue weighted by Crippen LogP contribution is 2.39. The van der Waals surface area contributed by atoms with Gasteiger partial charge in [0.1, 0.15) is 0 Å². The topological polar surface area (TPSA) is 26.3 Å². The first-order chi connectivity index (χ1) is 7.22. The van der Waals surface area contributed by atoms with Crippen LogP contribution in [0.3, 0.4) is 0 Å².